The van der Waals surface area contributed by atoms with Gasteiger partial charge >= 0.3 is 12.2 Å². The Hall–Kier alpha value is -4.02. The molecule has 0 atom stereocenters. The number of hydrogen-bond donors (Lipinski definition) is 1. The van der Waals surface area contributed by atoms with E-state index in [0.717, 1.165) is 23.5 Å². The van der Waals surface area contributed by atoms with E-state index in [1.54, 1.807) is 23.4 Å². The Morgan fingerprint density at radius 3 is 2.59 bits per heavy atom. The molecule has 8 nitrogen and oxygen atoms in total. The number of nitrogens with zero attached hydrogens (tertiary/aromatic N) is 4. The van der Waals surface area contributed by atoms with E-state index in [4.69, 9.17) is 4.74 Å². The highest BCUT2D eigenvalue weighted by Crippen LogP contribution is 2.31. The fourth-order valence-corrected chi connectivity index (χ4v) is 3.70. The van der Waals surface area contributed by atoms with E-state index in [1.807, 2.05) is 23.8 Å². The quantitative estimate of drug-likeness (QED) is 0.619. The van der Waals surface area contributed by atoms with Crippen molar-refractivity contribution in [1.82, 2.24) is 14.5 Å². The number of carbonyl (C=O) groups is 2. The van der Waals surface area contributed by atoms with Gasteiger partial charge in [-0.3, -0.25) is 4.79 Å². The number of amides is 3. The molecule has 1 aliphatic heterocycles. The third-order valence-corrected chi connectivity index (χ3v) is 5.41. The molecule has 1 fully saturated rings. The number of carbonyl (C=O) groups excluding carboxylic acids is 2. The number of nitrogens with one attached hydrogen (secondary N) is 1. The summed E-state index contributed by atoms with van der Waals surface area (Å²) in [6.45, 7) is 2.09. The number of imidazole rings is 1. The summed E-state index contributed by atoms with van der Waals surface area (Å²) in [4.78, 5) is 32.4. The fraction of sp³-hybridized carbons (Fsp3) is 0.261. The van der Waals surface area contributed by atoms with Gasteiger partial charge in [0.1, 0.15) is 12.3 Å². The molecule has 0 unspecified atom stereocenters. The molecule has 1 N–H and O–H groups in total. The minimum Gasteiger partial charge on any atom is -0.494 e. The van der Waals surface area contributed by atoms with Crippen molar-refractivity contribution in [3.8, 4) is 11.4 Å². The number of rotatable bonds is 4. The van der Waals surface area contributed by atoms with Crippen LogP contribution in [0.5, 0.6) is 5.75 Å². The molecule has 178 valence electrons. The molecule has 1 aromatic heterocycles. The molecule has 0 saturated carbocycles. The summed E-state index contributed by atoms with van der Waals surface area (Å²) < 4.78 is 46.0. The second kappa shape index (κ2) is 9.08. The van der Waals surface area contributed by atoms with E-state index in [1.165, 1.54) is 24.1 Å². The smallest absolute Gasteiger partial charge is 0.416 e. The summed E-state index contributed by atoms with van der Waals surface area (Å²) >= 11 is 0. The first-order chi connectivity index (χ1) is 16.2. The predicted molar refractivity (Wildman–Crippen MR) is 119 cm³/mol. The second-order valence-corrected chi connectivity index (χ2v) is 7.75. The van der Waals surface area contributed by atoms with Crippen LogP contribution in [0.25, 0.3) is 5.69 Å². The Morgan fingerprint density at radius 2 is 1.94 bits per heavy atom. The van der Waals surface area contributed by atoms with Crippen molar-refractivity contribution in [2.45, 2.75) is 13.1 Å². The van der Waals surface area contributed by atoms with Crippen molar-refractivity contribution in [3.63, 3.8) is 0 Å². The van der Waals surface area contributed by atoms with Crippen LogP contribution in [-0.4, -0.2) is 53.1 Å². The lowest BCUT2D eigenvalue weighted by molar-refractivity contribution is -0.137. The lowest BCUT2D eigenvalue weighted by Crippen LogP contribution is -2.53. The second-order valence-electron chi connectivity index (χ2n) is 7.75. The largest absolute Gasteiger partial charge is 0.494 e. The molecule has 4 rings (SSSR count). The first-order valence-electron chi connectivity index (χ1n) is 10.4. The molecular formula is C23H22F3N5O3. The van der Waals surface area contributed by atoms with Gasteiger partial charge in [0.25, 0.3) is 0 Å². The lowest BCUT2D eigenvalue weighted by atomic mass is 10.2. The number of hydrogen-bond acceptors (Lipinski definition) is 4. The molecule has 0 spiro atoms. The maximum Gasteiger partial charge on any atom is 0.416 e. The van der Waals surface area contributed by atoms with Gasteiger partial charge in [-0.15, -0.1) is 0 Å². The van der Waals surface area contributed by atoms with Gasteiger partial charge in [0.15, 0.2) is 0 Å². The standard InChI is InChI=1S/C23H22F3N5O3/c1-15-12-30(14-27-15)19-7-6-18(11-20(19)34-2)31-9-8-29(13-21(31)32)22(33)28-17-5-3-4-16(10-17)23(24,25)26/h3-7,10-12,14H,8-9,13H2,1-2H3,(H,28,33). The number of alkyl halides is 3. The van der Waals surface area contributed by atoms with E-state index in [9.17, 15) is 22.8 Å². The molecule has 1 saturated heterocycles. The average Bonchev–Trinajstić information content (AvgIpc) is 3.24. The number of urea groups is 1. The molecule has 1 aliphatic rings. The zero-order valence-electron chi connectivity index (χ0n) is 18.5. The third-order valence-electron chi connectivity index (χ3n) is 5.41. The number of piperazine rings is 1. The normalized spacial score (nSPS) is 14.3. The molecule has 2 aromatic carbocycles. The van der Waals surface area contributed by atoms with Crippen molar-refractivity contribution in [2.24, 2.45) is 0 Å². The van der Waals surface area contributed by atoms with Gasteiger partial charge in [-0.05, 0) is 37.3 Å². The van der Waals surface area contributed by atoms with Crippen LogP contribution in [0.3, 0.4) is 0 Å². The van der Waals surface area contributed by atoms with Gasteiger partial charge in [0.2, 0.25) is 5.91 Å². The number of ether oxygens (including phenoxy) is 1. The number of benzene rings is 2. The molecule has 3 amide bonds. The van der Waals surface area contributed by atoms with E-state index in [2.05, 4.69) is 10.3 Å². The Morgan fingerprint density at radius 1 is 1.15 bits per heavy atom. The molecule has 0 aliphatic carbocycles. The van der Waals surface area contributed by atoms with Crippen LogP contribution in [0.15, 0.2) is 55.0 Å². The predicted octanol–water partition coefficient (Wildman–Crippen LogP) is 4.09. The van der Waals surface area contributed by atoms with Gasteiger partial charge in [-0.2, -0.15) is 13.2 Å². The first kappa shape index (κ1) is 23.1. The van der Waals surface area contributed by atoms with Gasteiger partial charge in [-0.1, -0.05) is 6.07 Å². The van der Waals surface area contributed by atoms with Crippen LogP contribution in [0, 0.1) is 6.92 Å². The van der Waals surface area contributed by atoms with E-state index >= 15 is 0 Å². The van der Waals surface area contributed by atoms with Crippen molar-refractivity contribution < 1.29 is 27.5 Å². The Bertz CT molecular complexity index is 1220. The van der Waals surface area contributed by atoms with Crippen LogP contribution in [0.4, 0.5) is 29.3 Å². The molecule has 2 heterocycles. The van der Waals surface area contributed by atoms with E-state index in [0.29, 0.717) is 11.4 Å². The minimum atomic E-state index is -4.52. The number of halogens is 3. The van der Waals surface area contributed by atoms with Crippen LogP contribution in [-0.2, 0) is 11.0 Å². The SMILES string of the molecule is COc1cc(N2CCN(C(=O)Nc3cccc(C(F)(F)F)c3)CC2=O)ccc1-n1cnc(C)c1. The monoisotopic (exact) mass is 473 g/mol. The lowest BCUT2D eigenvalue weighted by Gasteiger charge is -2.34. The maximum atomic E-state index is 12.9. The average molecular weight is 473 g/mol. The molecule has 3 aromatic rings. The summed E-state index contributed by atoms with van der Waals surface area (Å²) in [5.74, 6) is 0.228. The Kier molecular flexibility index (Phi) is 6.18. The first-order valence-corrected chi connectivity index (χ1v) is 10.4. The van der Waals surface area contributed by atoms with E-state index < -0.39 is 17.8 Å². The highest BCUT2D eigenvalue weighted by atomic mass is 19.4. The minimum absolute atomic E-state index is 0.00441. The number of anilines is 2. The van der Waals surface area contributed by atoms with Crippen LogP contribution >= 0.6 is 0 Å². The number of aromatic nitrogens is 2. The summed E-state index contributed by atoms with van der Waals surface area (Å²) in [6, 6.07) is 9.04. The third kappa shape index (κ3) is 4.82. The molecular weight excluding hydrogens is 451 g/mol. The zero-order chi connectivity index (χ0) is 24.5. The van der Waals surface area contributed by atoms with Crippen LogP contribution < -0.4 is 15.0 Å². The van der Waals surface area contributed by atoms with Gasteiger partial charge in [0.05, 0.1) is 30.4 Å². The summed E-state index contributed by atoms with van der Waals surface area (Å²) in [7, 11) is 1.53. The summed E-state index contributed by atoms with van der Waals surface area (Å²) in [5, 5.41) is 2.43. The van der Waals surface area contributed by atoms with Crippen LogP contribution in [0.1, 0.15) is 11.3 Å². The molecule has 34 heavy (non-hydrogen) atoms. The fourth-order valence-electron chi connectivity index (χ4n) is 3.70. The van der Waals surface area contributed by atoms with Crippen molar-refractivity contribution >= 4 is 23.3 Å². The number of aryl methyl sites for hydroxylation is 1. The van der Waals surface area contributed by atoms with Gasteiger partial charge < -0.3 is 24.4 Å². The number of methoxy groups -OCH3 is 1. The summed E-state index contributed by atoms with van der Waals surface area (Å²) in [6.07, 6.45) is -1.00. The zero-order valence-corrected chi connectivity index (χ0v) is 18.5. The Balaban J connectivity index is 1.44. The highest BCUT2D eigenvalue weighted by Gasteiger charge is 2.31. The topological polar surface area (TPSA) is 79.7 Å². The molecule has 0 bridgehead atoms. The highest BCUT2D eigenvalue weighted by molar-refractivity contribution is 6.00. The molecule has 11 heteroatoms. The van der Waals surface area contributed by atoms with E-state index in [-0.39, 0.29) is 31.2 Å². The van der Waals surface area contributed by atoms with Gasteiger partial charge in [-0.25, -0.2) is 9.78 Å². The van der Waals surface area contributed by atoms with Crippen molar-refractivity contribution in [2.75, 3.05) is 37.0 Å². The van der Waals surface area contributed by atoms with Crippen molar-refractivity contribution in [3.05, 3.63) is 66.2 Å². The van der Waals surface area contributed by atoms with Gasteiger partial charge in [0, 0.05) is 36.7 Å². The molecule has 0 radical (unpaired) electrons. The van der Waals surface area contributed by atoms with Crippen LogP contribution in [0.2, 0.25) is 0 Å². The summed E-state index contributed by atoms with van der Waals surface area (Å²) in [5.41, 5.74) is 1.36. The van der Waals surface area contributed by atoms with Crippen molar-refractivity contribution in [1.29, 1.82) is 0 Å². The maximum absolute atomic E-state index is 12.9. The Labute approximate surface area is 193 Å².